The summed E-state index contributed by atoms with van der Waals surface area (Å²) in [5, 5.41) is 0. The molecule has 0 aromatic carbocycles. The van der Waals surface area contributed by atoms with Gasteiger partial charge in [-0.05, 0) is 44.6 Å². The van der Waals surface area contributed by atoms with Gasteiger partial charge in [-0.3, -0.25) is 0 Å². The van der Waals surface area contributed by atoms with Gasteiger partial charge in [-0.25, -0.2) is 0 Å². The van der Waals surface area contributed by atoms with Gasteiger partial charge in [-0.2, -0.15) is 0 Å². The minimum absolute atomic E-state index is 0.551. The van der Waals surface area contributed by atoms with E-state index in [1.54, 1.807) is 0 Å². The summed E-state index contributed by atoms with van der Waals surface area (Å²) in [5.74, 6) is 1.01. The minimum Gasteiger partial charge on any atom is -0.326 e. The Morgan fingerprint density at radius 2 is 2.19 bits per heavy atom. The van der Waals surface area contributed by atoms with Crippen molar-refractivity contribution in [3.05, 3.63) is 11.1 Å². The summed E-state index contributed by atoms with van der Waals surface area (Å²) < 4.78 is 0. The van der Waals surface area contributed by atoms with Crippen LogP contribution in [0.3, 0.4) is 0 Å². The third kappa shape index (κ3) is 1.48. The van der Waals surface area contributed by atoms with Crippen LogP contribution < -0.4 is 4.90 Å². The monoisotopic (exact) mass is 220 g/mol. The van der Waals surface area contributed by atoms with Gasteiger partial charge >= 0.3 is 0 Å². The average molecular weight is 220 g/mol. The highest BCUT2D eigenvalue weighted by atomic mass is 15.2. The van der Waals surface area contributed by atoms with E-state index in [9.17, 15) is 0 Å². The molecule has 0 spiro atoms. The van der Waals surface area contributed by atoms with Crippen LogP contribution in [0.5, 0.6) is 0 Å². The van der Waals surface area contributed by atoms with Crippen LogP contribution in [0.2, 0.25) is 0 Å². The molecule has 1 heteroatoms. The fraction of sp³-hybridized carbons (Fsp3) is 0.867. The summed E-state index contributed by atoms with van der Waals surface area (Å²) in [5.41, 5.74) is 4.31. The Morgan fingerprint density at radius 3 is 3.00 bits per heavy atom. The van der Waals surface area contributed by atoms with Crippen molar-refractivity contribution >= 4 is 0 Å². The highest BCUT2D eigenvalue weighted by Gasteiger charge is 2.47. The summed E-state index contributed by atoms with van der Waals surface area (Å²) in [6.07, 6.45) is 10.0. The SMILES string of the molecule is CC[C@H]1CC[C@@]2(C)C3=C(CCC3)CC[NH+]2C1. The first-order chi connectivity index (χ1) is 7.74. The first-order valence-electron chi connectivity index (χ1n) is 7.30. The van der Waals surface area contributed by atoms with Gasteiger partial charge in [0.05, 0.1) is 13.1 Å². The van der Waals surface area contributed by atoms with Crippen molar-refractivity contribution in [2.24, 2.45) is 5.92 Å². The van der Waals surface area contributed by atoms with Crippen molar-refractivity contribution in [2.75, 3.05) is 13.1 Å². The highest BCUT2D eigenvalue weighted by molar-refractivity contribution is 5.29. The summed E-state index contributed by atoms with van der Waals surface area (Å²) in [6, 6.07) is 0. The molecule has 0 aromatic rings. The van der Waals surface area contributed by atoms with Gasteiger partial charge in [-0.15, -0.1) is 0 Å². The Bertz CT molecular complexity index is 317. The quantitative estimate of drug-likeness (QED) is 0.647. The van der Waals surface area contributed by atoms with Gasteiger partial charge < -0.3 is 4.90 Å². The van der Waals surface area contributed by atoms with Gasteiger partial charge in [0.15, 0.2) is 0 Å². The Morgan fingerprint density at radius 1 is 1.31 bits per heavy atom. The third-order valence-electron chi connectivity index (χ3n) is 5.67. The smallest absolute Gasteiger partial charge is 0.117 e. The number of fused-ring (bicyclic) bond motifs is 2. The second-order valence-electron chi connectivity index (χ2n) is 6.39. The number of nitrogens with one attached hydrogen (secondary N) is 1. The standard InChI is InChI=1S/C15H25N/c1-3-12-7-9-15(2)14-6-4-5-13(14)8-10-16(15)11-12/h12H,3-11H2,1-2H3/p+1/t12-,15-/m0/s1. The number of hydrogen-bond acceptors (Lipinski definition) is 0. The molecule has 1 saturated heterocycles. The van der Waals surface area contributed by atoms with E-state index in [2.05, 4.69) is 13.8 Å². The second-order valence-corrected chi connectivity index (χ2v) is 6.39. The minimum atomic E-state index is 0.551. The van der Waals surface area contributed by atoms with Crippen molar-refractivity contribution in [2.45, 2.75) is 64.3 Å². The molecule has 2 aliphatic heterocycles. The summed E-state index contributed by atoms with van der Waals surface area (Å²) in [7, 11) is 0. The Balaban J connectivity index is 1.87. The van der Waals surface area contributed by atoms with Crippen molar-refractivity contribution in [3.8, 4) is 0 Å². The van der Waals surface area contributed by atoms with Crippen molar-refractivity contribution in [1.29, 1.82) is 0 Å². The van der Waals surface area contributed by atoms with E-state index in [0.717, 1.165) is 5.92 Å². The van der Waals surface area contributed by atoms with Crippen molar-refractivity contribution in [1.82, 2.24) is 0 Å². The van der Waals surface area contributed by atoms with Gasteiger partial charge in [-0.1, -0.05) is 12.5 Å². The van der Waals surface area contributed by atoms with Crippen molar-refractivity contribution in [3.63, 3.8) is 0 Å². The predicted octanol–water partition coefficient (Wildman–Crippen LogP) is 2.33. The van der Waals surface area contributed by atoms with Gasteiger partial charge in [0.2, 0.25) is 0 Å². The molecule has 3 aliphatic rings. The topological polar surface area (TPSA) is 4.44 Å². The average Bonchev–Trinajstić information content (AvgIpc) is 2.77. The molecule has 2 heterocycles. The normalized spacial score (nSPS) is 43.1. The summed E-state index contributed by atoms with van der Waals surface area (Å²) >= 11 is 0. The molecule has 1 unspecified atom stereocenters. The largest absolute Gasteiger partial charge is 0.326 e. The van der Waals surface area contributed by atoms with Crippen LogP contribution in [0.15, 0.2) is 11.1 Å². The van der Waals surface area contributed by atoms with E-state index in [0.29, 0.717) is 5.54 Å². The molecule has 1 N–H and O–H groups in total. The molecule has 90 valence electrons. The molecule has 0 aromatic heterocycles. The molecule has 0 bridgehead atoms. The van der Waals surface area contributed by atoms with Gasteiger partial charge in [0.25, 0.3) is 0 Å². The van der Waals surface area contributed by atoms with Crippen LogP contribution in [-0.4, -0.2) is 18.6 Å². The predicted molar refractivity (Wildman–Crippen MR) is 67.6 cm³/mol. The van der Waals surface area contributed by atoms with Crippen LogP contribution >= 0.6 is 0 Å². The Hall–Kier alpha value is -0.300. The zero-order valence-electron chi connectivity index (χ0n) is 10.9. The Kier molecular flexibility index (Phi) is 2.62. The lowest BCUT2D eigenvalue weighted by Crippen LogP contribution is -3.22. The molecule has 1 fully saturated rings. The zero-order chi connectivity index (χ0) is 11.2. The maximum Gasteiger partial charge on any atom is 0.117 e. The second kappa shape index (κ2) is 3.87. The molecule has 3 atom stereocenters. The van der Waals surface area contributed by atoms with Crippen molar-refractivity contribution < 1.29 is 4.90 Å². The molecule has 0 amide bonds. The van der Waals surface area contributed by atoms with Gasteiger partial charge in [0.1, 0.15) is 5.54 Å². The van der Waals surface area contributed by atoms with Gasteiger partial charge in [0, 0.05) is 18.8 Å². The van der Waals surface area contributed by atoms with Crippen LogP contribution in [-0.2, 0) is 0 Å². The molecule has 1 nitrogen and oxygen atoms in total. The van der Waals surface area contributed by atoms with E-state index in [-0.39, 0.29) is 0 Å². The number of rotatable bonds is 1. The lowest BCUT2D eigenvalue weighted by atomic mass is 9.74. The summed E-state index contributed by atoms with van der Waals surface area (Å²) in [4.78, 5) is 1.92. The van der Waals surface area contributed by atoms with E-state index < -0.39 is 0 Å². The lowest BCUT2D eigenvalue weighted by molar-refractivity contribution is -0.955. The molecule has 3 rings (SSSR count). The number of piperidine rings is 1. The first-order valence-corrected chi connectivity index (χ1v) is 7.30. The van der Waals surface area contributed by atoms with E-state index in [4.69, 9.17) is 0 Å². The number of hydrogen-bond donors (Lipinski definition) is 1. The molecule has 0 saturated carbocycles. The zero-order valence-corrected chi connectivity index (χ0v) is 10.9. The summed E-state index contributed by atoms with van der Waals surface area (Å²) in [6.45, 7) is 7.81. The fourth-order valence-corrected chi connectivity index (χ4v) is 4.49. The Labute approximate surface area is 99.9 Å². The lowest BCUT2D eigenvalue weighted by Gasteiger charge is -2.48. The highest BCUT2D eigenvalue weighted by Crippen LogP contribution is 2.40. The third-order valence-corrected chi connectivity index (χ3v) is 5.67. The first kappa shape index (κ1) is 10.8. The van der Waals surface area contributed by atoms with E-state index in [1.807, 2.05) is 16.0 Å². The molecular weight excluding hydrogens is 194 g/mol. The van der Waals surface area contributed by atoms with E-state index >= 15 is 0 Å². The number of quaternary nitrogens is 1. The molecule has 1 aliphatic carbocycles. The molecule has 0 radical (unpaired) electrons. The maximum absolute atomic E-state index is 2.56. The fourth-order valence-electron chi connectivity index (χ4n) is 4.49. The van der Waals surface area contributed by atoms with Crippen LogP contribution in [0, 0.1) is 5.92 Å². The molecular formula is C15H26N+. The van der Waals surface area contributed by atoms with Crippen LogP contribution in [0.4, 0.5) is 0 Å². The van der Waals surface area contributed by atoms with Crippen LogP contribution in [0.1, 0.15) is 58.8 Å². The molecule has 16 heavy (non-hydrogen) atoms. The van der Waals surface area contributed by atoms with E-state index in [1.165, 1.54) is 58.0 Å². The maximum atomic E-state index is 2.56. The van der Waals surface area contributed by atoms with Crippen LogP contribution in [0.25, 0.3) is 0 Å².